The van der Waals surface area contributed by atoms with Gasteiger partial charge < -0.3 is 5.73 Å². The second kappa shape index (κ2) is 6.65. The molecule has 2 aromatic carbocycles. The van der Waals surface area contributed by atoms with Crippen LogP contribution in [0.25, 0.3) is 0 Å². The van der Waals surface area contributed by atoms with Crippen molar-refractivity contribution >= 4 is 29.7 Å². The lowest BCUT2D eigenvalue weighted by atomic mass is 9.93. The number of benzene rings is 2. The first-order valence-corrected chi connectivity index (χ1v) is 7.19. The Balaban J connectivity index is 0.00000176. The van der Waals surface area contributed by atoms with Gasteiger partial charge in [0, 0.05) is 23.2 Å². The first-order chi connectivity index (χ1) is 10.0. The van der Waals surface area contributed by atoms with Crippen molar-refractivity contribution in [2.24, 2.45) is 11.7 Å². The van der Waals surface area contributed by atoms with Gasteiger partial charge in [-0.05, 0) is 47.6 Å². The van der Waals surface area contributed by atoms with E-state index in [-0.39, 0.29) is 35.0 Å². The molecule has 0 amide bonds. The number of nitrogens with two attached hydrogens (primary N) is 1. The monoisotopic (exact) mass is 338 g/mol. The highest BCUT2D eigenvalue weighted by Gasteiger charge is 2.31. The fourth-order valence-corrected chi connectivity index (χ4v) is 3.23. The zero-order chi connectivity index (χ0) is 15.0. The summed E-state index contributed by atoms with van der Waals surface area (Å²) in [5.74, 6) is 0.250. The number of hydrogen-bond donors (Lipinski definition) is 1. The maximum atomic E-state index is 10.9. The molecule has 0 spiro atoms. The summed E-state index contributed by atoms with van der Waals surface area (Å²) >= 11 is 6.01. The Labute approximate surface area is 139 Å². The number of nitrogens with zero attached hydrogens (tertiary/aromatic N) is 1. The molecule has 6 heteroatoms. The quantitative estimate of drug-likeness (QED) is 0.676. The number of hydrogen-bond acceptors (Lipinski definition) is 3. The van der Waals surface area contributed by atoms with E-state index in [1.807, 2.05) is 30.3 Å². The Morgan fingerprint density at radius 2 is 2.05 bits per heavy atom. The lowest BCUT2D eigenvalue weighted by Gasteiger charge is -2.16. The minimum atomic E-state index is -0.378. The van der Waals surface area contributed by atoms with E-state index in [0.29, 0.717) is 5.02 Å². The van der Waals surface area contributed by atoms with Crippen LogP contribution in [-0.2, 0) is 12.8 Å². The zero-order valence-corrected chi connectivity index (χ0v) is 13.3. The van der Waals surface area contributed by atoms with Crippen LogP contribution in [0.4, 0.5) is 5.69 Å². The second-order valence-corrected chi connectivity index (χ2v) is 5.90. The molecular weight excluding hydrogens is 323 g/mol. The third kappa shape index (κ3) is 3.24. The van der Waals surface area contributed by atoms with Gasteiger partial charge in [-0.2, -0.15) is 0 Å². The van der Waals surface area contributed by atoms with Crippen LogP contribution in [0, 0.1) is 16.0 Å². The van der Waals surface area contributed by atoms with E-state index in [1.54, 1.807) is 12.1 Å². The third-order valence-electron chi connectivity index (χ3n) is 4.08. The number of nitro groups is 1. The molecule has 0 saturated heterocycles. The van der Waals surface area contributed by atoms with Gasteiger partial charge in [0.2, 0.25) is 0 Å². The lowest BCUT2D eigenvalue weighted by molar-refractivity contribution is -0.384. The van der Waals surface area contributed by atoms with Crippen molar-refractivity contribution in [1.82, 2.24) is 0 Å². The van der Waals surface area contributed by atoms with Gasteiger partial charge in [0.1, 0.15) is 0 Å². The van der Waals surface area contributed by atoms with Crippen molar-refractivity contribution in [1.29, 1.82) is 0 Å². The Morgan fingerprint density at radius 3 is 2.73 bits per heavy atom. The molecule has 0 radical (unpaired) electrons. The summed E-state index contributed by atoms with van der Waals surface area (Å²) in [5.41, 5.74) is 9.55. The molecule has 22 heavy (non-hydrogen) atoms. The molecular formula is C16H16Cl2N2O2. The van der Waals surface area contributed by atoms with Crippen LogP contribution in [0.3, 0.4) is 0 Å². The maximum Gasteiger partial charge on any atom is 0.269 e. The molecule has 1 aliphatic rings. The van der Waals surface area contributed by atoms with Crippen LogP contribution in [0.2, 0.25) is 5.02 Å². The highest BCUT2D eigenvalue weighted by molar-refractivity contribution is 6.30. The Bertz CT molecular complexity index is 706. The Kier molecular flexibility index (Phi) is 5.06. The lowest BCUT2D eigenvalue weighted by Crippen LogP contribution is -2.19. The molecule has 1 aliphatic carbocycles. The van der Waals surface area contributed by atoms with Gasteiger partial charge in [-0.15, -0.1) is 12.4 Å². The van der Waals surface area contributed by atoms with Gasteiger partial charge in [0.15, 0.2) is 0 Å². The predicted molar refractivity (Wildman–Crippen MR) is 89.6 cm³/mol. The summed E-state index contributed by atoms with van der Waals surface area (Å²) in [5, 5.41) is 11.6. The van der Waals surface area contributed by atoms with Gasteiger partial charge in [-0.25, -0.2) is 0 Å². The largest absolute Gasteiger partial charge is 0.324 e. The minimum Gasteiger partial charge on any atom is -0.324 e. The fourth-order valence-electron chi connectivity index (χ4n) is 3.02. The van der Waals surface area contributed by atoms with Crippen LogP contribution in [0.15, 0.2) is 42.5 Å². The summed E-state index contributed by atoms with van der Waals surface area (Å²) < 4.78 is 0. The van der Waals surface area contributed by atoms with Gasteiger partial charge >= 0.3 is 0 Å². The van der Waals surface area contributed by atoms with Crippen molar-refractivity contribution in [2.75, 3.05) is 0 Å². The topological polar surface area (TPSA) is 69.2 Å². The summed E-state index contributed by atoms with van der Waals surface area (Å²) in [7, 11) is 0. The van der Waals surface area contributed by atoms with Crippen LogP contribution in [0.5, 0.6) is 0 Å². The van der Waals surface area contributed by atoms with Crippen molar-refractivity contribution in [3.05, 3.63) is 74.3 Å². The molecule has 0 fully saturated rings. The Hall–Kier alpha value is -1.62. The molecule has 2 aromatic rings. The average molecular weight is 339 g/mol. The molecule has 3 rings (SSSR count). The summed E-state index contributed by atoms with van der Waals surface area (Å²) in [4.78, 5) is 10.5. The van der Waals surface area contributed by atoms with Gasteiger partial charge in [0.25, 0.3) is 5.69 Å². The smallest absolute Gasteiger partial charge is 0.269 e. The van der Waals surface area contributed by atoms with E-state index in [9.17, 15) is 10.1 Å². The molecule has 0 bridgehead atoms. The molecule has 116 valence electrons. The average Bonchev–Trinajstić information content (AvgIpc) is 2.75. The van der Waals surface area contributed by atoms with E-state index in [2.05, 4.69) is 0 Å². The standard InChI is InChI=1S/C16H15ClN2O2.ClH/c17-13-3-1-2-10(7-13)6-12-8-11-4-5-14(19(20)21)9-15(11)16(12)18;/h1-5,7,9,12,16H,6,8,18H2;1H. The first-order valence-electron chi connectivity index (χ1n) is 6.82. The van der Waals surface area contributed by atoms with Crippen molar-refractivity contribution < 1.29 is 4.92 Å². The van der Waals surface area contributed by atoms with Crippen LogP contribution in [0.1, 0.15) is 22.7 Å². The van der Waals surface area contributed by atoms with E-state index in [4.69, 9.17) is 17.3 Å². The highest BCUT2D eigenvalue weighted by atomic mass is 35.5. The van der Waals surface area contributed by atoms with Crippen molar-refractivity contribution in [2.45, 2.75) is 18.9 Å². The first kappa shape index (κ1) is 16.7. The van der Waals surface area contributed by atoms with Gasteiger partial charge in [-0.1, -0.05) is 29.8 Å². The Morgan fingerprint density at radius 1 is 1.27 bits per heavy atom. The molecule has 0 aromatic heterocycles. The molecule has 4 nitrogen and oxygen atoms in total. The van der Waals surface area contributed by atoms with Crippen LogP contribution in [-0.4, -0.2) is 4.92 Å². The molecule has 2 atom stereocenters. The molecule has 2 unspecified atom stereocenters. The number of nitro benzene ring substituents is 1. The maximum absolute atomic E-state index is 10.9. The number of non-ortho nitro benzene ring substituents is 1. The normalized spacial score (nSPS) is 19.4. The van der Waals surface area contributed by atoms with E-state index in [1.165, 1.54) is 0 Å². The zero-order valence-electron chi connectivity index (χ0n) is 11.7. The van der Waals surface area contributed by atoms with Gasteiger partial charge in [-0.3, -0.25) is 10.1 Å². The predicted octanol–water partition coefficient (Wildman–Crippen LogP) is 4.08. The fraction of sp³-hybridized carbons (Fsp3) is 0.250. The van der Waals surface area contributed by atoms with Crippen LogP contribution < -0.4 is 5.73 Å². The third-order valence-corrected chi connectivity index (χ3v) is 4.31. The summed E-state index contributed by atoms with van der Waals surface area (Å²) in [6, 6.07) is 12.6. The van der Waals surface area contributed by atoms with Crippen LogP contribution >= 0.6 is 24.0 Å². The van der Waals surface area contributed by atoms with Crippen molar-refractivity contribution in [3.63, 3.8) is 0 Å². The highest BCUT2D eigenvalue weighted by Crippen LogP contribution is 2.38. The van der Waals surface area contributed by atoms with Crippen molar-refractivity contribution in [3.8, 4) is 0 Å². The molecule has 0 heterocycles. The van der Waals surface area contributed by atoms with E-state index >= 15 is 0 Å². The SMILES string of the molecule is Cl.NC1c2cc([N+](=O)[O-])ccc2CC1Cc1cccc(Cl)c1. The van der Waals surface area contributed by atoms with E-state index in [0.717, 1.165) is 29.5 Å². The minimum absolute atomic E-state index is 0. The molecule has 2 N–H and O–H groups in total. The molecule has 0 aliphatic heterocycles. The van der Waals surface area contributed by atoms with E-state index < -0.39 is 0 Å². The number of halogens is 2. The number of rotatable bonds is 3. The number of fused-ring (bicyclic) bond motifs is 1. The molecule has 0 saturated carbocycles. The van der Waals surface area contributed by atoms with Gasteiger partial charge in [0.05, 0.1) is 4.92 Å². The second-order valence-electron chi connectivity index (χ2n) is 5.46. The summed E-state index contributed by atoms with van der Waals surface area (Å²) in [6.07, 6.45) is 1.67. The summed E-state index contributed by atoms with van der Waals surface area (Å²) in [6.45, 7) is 0.